The molecule has 0 atom stereocenters. The van der Waals surface area contributed by atoms with Crippen LogP contribution in [0.5, 0.6) is 0 Å². The highest BCUT2D eigenvalue weighted by molar-refractivity contribution is 7.80. The lowest BCUT2D eigenvalue weighted by Crippen LogP contribution is -2.34. The average molecular weight is 366 g/mol. The summed E-state index contributed by atoms with van der Waals surface area (Å²) in [6.07, 6.45) is 0. The lowest BCUT2D eigenvalue weighted by Gasteiger charge is -1.98. The minimum atomic E-state index is -4.67. The third kappa shape index (κ3) is 45.9. The third-order valence-electron chi connectivity index (χ3n) is 0.821. The van der Waals surface area contributed by atoms with Crippen LogP contribution < -0.4 is 22.1 Å². The minimum absolute atomic E-state index is 0.0162. The maximum Gasteiger partial charge on any atom is 0.394 e. The molecular formula is C6H14N4O8S3. The molecule has 124 valence electrons. The first kappa shape index (κ1) is 24.2. The van der Waals surface area contributed by atoms with E-state index in [9.17, 15) is 9.59 Å². The van der Waals surface area contributed by atoms with Gasteiger partial charge < -0.3 is 20.9 Å². The summed E-state index contributed by atoms with van der Waals surface area (Å²) in [7, 11) is -1.98. The lowest BCUT2D eigenvalue weighted by atomic mass is 11.0. The number of nitrogens with one attached hydrogen (secondary N) is 2. The number of urea groups is 2. The Morgan fingerprint density at radius 1 is 0.952 bits per heavy atom. The second kappa shape index (κ2) is 13.2. The van der Waals surface area contributed by atoms with Crippen LogP contribution in [0, 0.1) is 0 Å². The molecule has 0 aliphatic rings. The Balaban J connectivity index is -0.000000239. The smallest absolute Gasteiger partial charge is 0.394 e. The molecule has 0 bridgehead atoms. The minimum Gasteiger partial charge on any atom is -0.474 e. The summed E-state index contributed by atoms with van der Waals surface area (Å²) in [5.41, 5.74) is 9.30. The van der Waals surface area contributed by atoms with E-state index in [0.717, 1.165) is 0 Å². The van der Waals surface area contributed by atoms with E-state index >= 15 is 0 Å². The Kier molecular flexibility index (Phi) is 15.2. The number of methoxy groups -OCH3 is 2. The first-order chi connectivity index (χ1) is 9.33. The Bertz CT molecular complexity index is 429. The van der Waals surface area contributed by atoms with E-state index in [0.29, 0.717) is 0 Å². The van der Waals surface area contributed by atoms with Gasteiger partial charge in [-0.15, -0.1) is 0 Å². The quantitative estimate of drug-likeness (QED) is 0.216. The third-order valence-corrected chi connectivity index (χ3v) is 1.36. The summed E-state index contributed by atoms with van der Waals surface area (Å²) in [6, 6.07) is -1.42. The van der Waals surface area contributed by atoms with Crippen molar-refractivity contribution < 1.29 is 36.6 Å². The molecule has 12 nitrogen and oxygen atoms in total. The molecule has 0 radical (unpaired) electrons. The highest BCUT2D eigenvalue weighted by Crippen LogP contribution is 1.69. The van der Waals surface area contributed by atoms with Gasteiger partial charge in [-0.3, -0.25) is 19.7 Å². The normalized spacial score (nSPS) is 8.57. The summed E-state index contributed by atoms with van der Waals surface area (Å²) in [5, 5.41) is 4.05. The van der Waals surface area contributed by atoms with Gasteiger partial charge in [0.1, 0.15) is 0 Å². The number of amides is 4. The number of hydrogen-bond donors (Lipinski definition) is 6. The van der Waals surface area contributed by atoms with Gasteiger partial charge in [0.15, 0.2) is 0 Å². The van der Waals surface area contributed by atoms with E-state index in [1.165, 1.54) is 14.2 Å². The zero-order valence-corrected chi connectivity index (χ0v) is 13.2. The van der Waals surface area contributed by atoms with Crippen molar-refractivity contribution in [3.8, 4) is 0 Å². The fraction of sp³-hybridized carbons (Fsp3) is 0.333. The van der Waals surface area contributed by atoms with Crippen molar-refractivity contribution in [3.63, 3.8) is 0 Å². The van der Waals surface area contributed by atoms with Crippen LogP contribution in [0.25, 0.3) is 0 Å². The SMILES string of the molecule is COC(=S)NC(N)=O.COC(=S)NC(N)=O.O=S(=O)(O)O. The summed E-state index contributed by atoms with van der Waals surface area (Å²) >= 11 is 8.79. The van der Waals surface area contributed by atoms with Crippen LogP contribution in [0.2, 0.25) is 0 Å². The Morgan fingerprint density at radius 3 is 1.19 bits per heavy atom. The van der Waals surface area contributed by atoms with Crippen molar-refractivity contribution in [1.29, 1.82) is 0 Å². The highest BCUT2D eigenvalue weighted by atomic mass is 32.3. The standard InChI is InChI=1S/2C3H6N2O2S.H2O4S/c2*1-7-3(8)5-2(4)6;1-5(2,3)4/h2*1H3,(H3,4,5,6,8);(H2,1,2,3,4). The fourth-order valence-electron chi connectivity index (χ4n) is 0.303. The van der Waals surface area contributed by atoms with Crippen molar-refractivity contribution in [3.05, 3.63) is 0 Å². The molecule has 0 heterocycles. The first-order valence-corrected chi connectivity index (χ1v) is 6.53. The highest BCUT2D eigenvalue weighted by Gasteiger charge is 1.94. The molecule has 0 aromatic rings. The summed E-state index contributed by atoms with van der Waals surface area (Å²) in [4.78, 5) is 19.8. The molecule has 0 saturated carbocycles. The maximum absolute atomic E-state index is 9.91. The number of carbonyl (C=O) groups excluding carboxylic acids is 2. The van der Waals surface area contributed by atoms with E-state index in [1.807, 2.05) is 10.6 Å². The summed E-state index contributed by atoms with van der Waals surface area (Å²) < 4.78 is 40.3. The molecule has 4 amide bonds. The van der Waals surface area contributed by atoms with Gasteiger partial charge in [-0.2, -0.15) is 8.42 Å². The Hall–Kier alpha value is -1.81. The van der Waals surface area contributed by atoms with Crippen molar-refractivity contribution in [2.75, 3.05) is 14.2 Å². The van der Waals surface area contributed by atoms with Crippen molar-refractivity contribution >= 4 is 57.2 Å². The van der Waals surface area contributed by atoms with Crippen LogP contribution in [0.3, 0.4) is 0 Å². The molecule has 0 aliphatic carbocycles. The van der Waals surface area contributed by atoms with Gasteiger partial charge >= 0.3 is 22.5 Å². The Labute approximate surface area is 130 Å². The van der Waals surface area contributed by atoms with Crippen LogP contribution in [-0.2, 0) is 19.9 Å². The molecule has 0 aliphatic heterocycles. The summed E-state index contributed by atoms with van der Waals surface area (Å²) in [5.74, 6) is 0. The predicted octanol–water partition coefficient (Wildman–Crippen LogP) is -1.48. The van der Waals surface area contributed by atoms with Crippen LogP contribution >= 0.6 is 24.4 Å². The second-order valence-corrected chi connectivity index (χ2v) is 4.05. The van der Waals surface area contributed by atoms with E-state index in [-0.39, 0.29) is 10.3 Å². The van der Waals surface area contributed by atoms with E-state index in [2.05, 4.69) is 45.4 Å². The molecule has 15 heteroatoms. The van der Waals surface area contributed by atoms with Crippen LogP contribution in [0.4, 0.5) is 9.59 Å². The monoisotopic (exact) mass is 366 g/mol. The number of ether oxygens (including phenoxy) is 2. The van der Waals surface area contributed by atoms with Gasteiger partial charge in [-0.25, -0.2) is 9.59 Å². The number of rotatable bonds is 0. The molecular weight excluding hydrogens is 352 g/mol. The molecule has 21 heavy (non-hydrogen) atoms. The predicted molar refractivity (Wildman–Crippen MR) is 78.8 cm³/mol. The van der Waals surface area contributed by atoms with Gasteiger partial charge in [0.2, 0.25) is 0 Å². The molecule has 0 aromatic carbocycles. The van der Waals surface area contributed by atoms with Crippen molar-refractivity contribution in [2.24, 2.45) is 11.5 Å². The average Bonchev–Trinajstić information content (AvgIpc) is 2.25. The zero-order chi connectivity index (χ0) is 17.6. The summed E-state index contributed by atoms with van der Waals surface area (Å²) in [6.45, 7) is 0. The van der Waals surface area contributed by atoms with Gasteiger partial charge in [0, 0.05) is 0 Å². The molecule has 8 N–H and O–H groups in total. The number of nitrogens with two attached hydrogens (primary N) is 2. The molecule has 0 spiro atoms. The topological polar surface area (TPSA) is 203 Å². The van der Waals surface area contributed by atoms with Gasteiger partial charge in [0.05, 0.1) is 14.2 Å². The number of hydrogen-bond acceptors (Lipinski definition) is 8. The number of thiocarbonyl (C=S) groups is 2. The van der Waals surface area contributed by atoms with Gasteiger partial charge in [-0.05, 0) is 24.4 Å². The fourth-order valence-corrected chi connectivity index (χ4v) is 0.504. The number of carbonyl (C=O) groups is 2. The molecule has 0 saturated heterocycles. The van der Waals surface area contributed by atoms with Crippen molar-refractivity contribution in [1.82, 2.24) is 10.6 Å². The zero-order valence-electron chi connectivity index (χ0n) is 10.7. The largest absolute Gasteiger partial charge is 0.474 e. The van der Waals surface area contributed by atoms with Gasteiger partial charge in [-0.1, -0.05) is 0 Å². The molecule has 0 aromatic heterocycles. The van der Waals surface area contributed by atoms with E-state index in [1.54, 1.807) is 0 Å². The lowest BCUT2D eigenvalue weighted by molar-refractivity contribution is 0.249. The van der Waals surface area contributed by atoms with Crippen LogP contribution in [0.15, 0.2) is 0 Å². The Morgan fingerprint density at radius 2 is 1.14 bits per heavy atom. The first-order valence-electron chi connectivity index (χ1n) is 4.32. The van der Waals surface area contributed by atoms with E-state index in [4.69, 9.17) is 17.5 Å². The van der Waals surface area contributed by atoms with Crippen LogP contribution in [-0.4, -0.2) is 54.2 Å². The van der Waals surface area contributed by atoms with Crippen LogP contribution in [0.1, 0.15) is 0 Å². The number of primary amides is 2. The van der Waals surface area contributed by atoms with Gasteiger partial charge in [0.25, 0.3) is 10.3 Å². The van der Waals surface area contributed by atoms with E-state index < -0.39 is 22.5 Å². The molecule has 0 unspecified atom stereocenters. The second-order valence-electron chi connectivity index (χ2n) is 2.41. The molecule has 0 rings (SSSR count). The maximum atomic E-state index is 9.91. The van der Waals surface area contributed by atoms with Crippen molar-refractivity contribution in [2.45, 2.75) is 0 Å². The molecule has 0 fully saturated rings.